The molecule has 0 atom stereocenters. The first-order valence-corrected chi connectivity index (χ1v) is 8.25. The number of imidazole rings is 1. The fourth-order valence-corrected chi connectivity index (χ4v) is 2.74. The summed E-state index contributed by atoms with van der Waals surface area (Å²) < 4.78 is 2.03. The van der Waals surface area contributed by atoms with Crippen molar-refractivity contribution in [3.63, 3.8) is 0 Å². The fraction of sp³-hybridized carbons (Fsp3) is 0.350. The van der Waals surface area contributed by atoms with Gasteiger partial charge in [-0.15, -0.1) is 10.2 Å². The van der Waals surface area contributed by atoms with Gasteiger partial charge < -0.3 is 0 Å². The summed E-state index contributed by atoms with van der Waals surface area (Å²) in [6.07, 6.45) is 2.00. The van der Waals surface area contributed by atoms with Crippen LogP contribution in [0, 0.1) is 20.8 Å². The molecule has 1 aromatic carbocycles. The Hall–Kier alpha value is -2.49. The lowest BCUT2D eigenvalue weighted by molar-refractivity contribution is 0.573. The minimum atomic E-state index is -0.103. The van der Waals surface area contributed by atoms with Crippen molar-refractivity contribution >= 4 is 17.2 Å². The average molecular weight is 320 g/mol. The van der Waals surface area contributed by atoms with Crippen LogP contribution in [0.3, 0.4) is 0 Å². The molecule has 3 rings (SSSR count). The molecule has 0 radical (unpaired) electrons. The highest BCUT2D eigenvalue weighted by atomic mass is 15.2. The first-order chi connectivity index (χ1) is 11.3. The molecule has 0 unspecified atom stereocenters. The molecule has 24 heavy (non-hydrogen) atoms. The molecule has 0 spiro atoms. The summed E-state index contributed by atoms with van der Waals surface area (Å²) in [5, 5.41) is 9.13. The lowest BCUT2D eigenvalue weighted by atomic mass is 9.92. The Bertz CT molecular complexity index is 927. The molecule has 0 aliphatic heterocycles. The van der Waals surface area contributed by atoms with Crippen LogP contribution in [0.1, 0.15) is 43.2 Å². The van der Waals surface area contributed by atoms with E-state index in [1.807, 2.05) is 28.8 Å². The van der Waals surface area contributed by atoms with Crippen molar-refractivity contribution in [2.45, 2.75) is 47.0 Å². The zero-order valence-electron chi connectivity index (χ0n) is 15.3. The van der Waals surface area contributed by atoms with E-state index < -0.39 is 0 Å². The molecule has 0 N–H and O–H groups in total. The molecule has 0 saturated carbocycles. The van der Waals surface area contributed by atoms with Crippen molar-refractivity contribution in [3.8, 4) is 0 Å². The number of rotatable bonds is 2. The molecule has 2 heterocycles. The number of hydrogen-bond donors (Lipinski definition) is 0. The third-order valence-corrected chi connectivity index (χ3v) is 4.36. The van der Waals surface area contributed by atoms with Crippen LogP contribution in [-0.4, -0.2) is 9.38 Å². The molecule has 124 valence electrons. The molecule has 4 heteroatoms. The number of azo groups is 1. The predicted molar refractivity (Wildman–Crippen MR) is 98.7 cm³/mol. The van der Waals surface area contributed by atoms with Gasteiger partial charge in [0, 0.05) is 11.6 Å². The second-order valence-electron chi connectivity index (χ2n) is 7.34. The van der Waals surface area contributed by atoms with Crippen molar-refractivity contribution in [2.24, 2.45) is 10.2 Å². The van der Waals surface area contributed by atoms with Crippen LogP contribution < -0.4 is 0 Å². The number of nitrogens with zero attached hydrogens (tertiary/aromatic N) is 4. The molecule has 0 fully saturated rings. The molecular weight excluding hydrogens is 296 g/mol. The maximum atomic E-state index is 4.84. The normalized spacial score (nSPS) is 12.4. The SMILES string of the molecule is Cc1cccc(N=Nc2c(C(C)(C)C)nc3c(C)cccn23)c1C. The van der Waals surface area contributed by atoms with Gasteiger partial charge >= 0.3 is 0 Å². The Kier molecular flexibility index (Phi) is 3.99. The molecule has 0 aliphatic rings. The summed E-state index contributed by atoms with van der Waals surface area (Å²) in [4.78, 5) is 4.84. The van der Waals surface area contributed by atoms with E-state index in [2.05, 4.69) is 63.9 Å². The van der Waals surface area contributed by atoms with Crippen molar-refractivity contribution in [1.29, 1.82) is 0 Å². The minimum Gasteiger partial charge on any atom is -0.283 e. The molecule has 2 aromatic heterocycles. The van der Waals surface area contributed by atoms with Crippen LogP contribution >= 0.6 is 0 Å². The van der Waals surface area contributed by atoms with Crippen LogP contribution in [0.4, 0.5) is 11.5 Å². The third-order valence-electron chi connectivity index (χ3n) is 4.36. The van der Waals surface area contributed by atoms with Gasteiger partial charge in [-0.05, 0) is 49.6 Å². The summed E-state index contributed by atoms with van der Waals surface area (Å²) in [5.74, 6) is 0.808. The molecule has 3 aromatic rings. The Morgan fingerprint density at radius 2 is 1.62 bits per heavy atom. The average Bonchev–Trinajstić information content (AvgIpc) is 2.89. The van der Waals surface area contributed by atoms with Gasteiger partial charge in [0.2, 0.25) is 0 Å². The van der Waals surface area contributed by atoms with Crippen LogP contribution in [0.15, 0.2) is 46.8 Å². The summed E-state index contributed by atoms with van der Waals surface area (Å²) in [6.45, 7) is 12.7. The van der Waals surface area contributed by atoms with Crippen molar-refractivity contribution < 1.29 is 0 Å². The van der Waals surface area contributed by atoms with E-state index in [4.69, 9.17) is 4.98 Å². The van der Waals surface area contributed by atoms with E-state index in [0.717, 1.165) is 34.0 Å². The molecule has 0 amide bonds. The van der Waals surface area contributed by atoms with Crippen molar-refractivity contribution in [2.75, 3.05) is 0 Å². The topological polar surface area (TPSA) is 42.0 Å². The lowest BCUT2D eigenvalue weighted by Crippen LogP contribution is -2.11. The van der Waals surface area contributed by atoms with Crippen LogP contribution in [-0.2, 0) is 5.41 Å². The highest BCUT2D eigenvalue weighted by molar-refractivity contribution is 5.58. The maximum absolute atomic E-state index is 4.84. The van der Waals surface area contributed by atoms with E-state index in [0.29, 0.717) is 0 Å². The fourth-order valence-electron chi connectivity index (χ4n) is 2.74. The largest absolute Gasteiger partial charge is 0.283 e. The smallest absolute Gasteiger partial charge is 0.183 e. The standard InChI is InChI=1S/C20H24N4/c1-13-9-7-11-16(15(13)3)22-23-19-17(20(4,5)6)21-18-14(2)10-8-12-24(18)19/h7-12H,1-6H3. The highest BCUT2D eigenvalue weighted by Crippen LogP contribution is 2.34. The molecule has 0 aliphatic carbocycles. The number of aromatic nitrogens is 2. The van der Waals surface area contributed by atoms with Gasteiger partial charge in [0.25, 0.3) is 0 Å². The second kappa shape index (κ2) is 5.86. The Labute approximate surface area is 143 Å². The van der Waals surface area contributed by atoms with Gasteiger partial charge in [-0.2, -0.15) is 0 Å². The summed E-state index contributed by atoms with van der Waals surface area (Å²) in [5.41, 5.74) is 6.21. The first-order valence-electron chi connectivity index (χ1n) is 8.25. The summed E-state index contributed by atoms with van der Waals surface area (Å²) in [6, 6.07) is 10.2. The Balaban J connectivity index is 2.19. The Morgan fingerprint density at radius 3 is 2.33 bits per heavy atom. The van der Waals surface area contributed by atoms with Gasteiger partial charge in [0.1, 0.15) is 5.65 Å². The van der Waals surface area contributed by atoms with Gasteiger partial charge in [-0.25, -0.2) is 4.98 Å². The number of benzene rings is 1. The van der Waals surface area contributed by atoms with E-state index >= 15 is 0 Å². The van der Waals surface area contributed by atoms with Gasteiger partial charge in [-0.1, -0.05) is 39.0 Å². The van der Waals surface area contributed by atoms with E-state index in [1.54, 1.807) is 0 Å². The van der Waals surface area contributed by atoms with Crippen molar-refractivity contribution in [1.82, 2.24) is 9.38 Å². The van der Waals surface area contributed by atoms with Gasteiger partial charge in [0.15, 0.2) is 5.82 Å². The summed E-state index contributed by atoms with van der Waals surface area (Å²) >= 11 is 0. The van der Waals surface area contributed by atoms with E-state index in [-0.39, 0.29) is 5.41 Å². The minimum absolute atomic E-state index is 0.103. The number of hydrogen-bond acceptors (Lipinski definition) is 3. The zero-order valence-corrected chi connectivity index (χ0v) is 15.3. The Morgan fingerprint density at radius 1 is 0.917 bits per heavy atom. The third kappa shape index (κ3) is 2.84. The van der Waals surface area contributed by atoms with Gasteiger partial charge in [0.05, 0.1) is 11.4 Å². The first kappa shape index (κ1) is 16.4. The molecule has 4 nitrogen and oxygen atoms in total. The monoisotopic (exact) mass is 320 g/mol. The predicted octanol–water partition coefficient (Wildman–Crippen LogP) is 5.97. The molecule has 0 saturated heterocycles. The quantitative estimate of drug-likeness (QED) is 0.536. The highest BCUT2D eigenvalue weighted by Gasteiger charge is 2.24. The van der Waals surface area contributed by atoms with Crippen LogP contribution in [0.25, 0.3) is 5.65 Å². The van der Waals surface area contributed by atoms with Crippen LogP contribution in [0.2, 0.25) is 0 Å². The zero-order chi connectivity index (χ0) is 17.5. The molecule has 0 bridgehead atoms. The lowest BCUT2D eigenvalue weighted by Gasteiger charge is -2.15. The van der Waals surface area contributed by atoms with Gasteiger partial charge in [-0.3, -0.25) is 4.40 Å². The summed E-state index contributed by atoms with van der Waals surface area (Å²) in [7, 11) is 0. The second-order valence-corrected chi connectivity index (χ2v) is 7.34. The van der Waals surface area contributed by atoms with E-state index in [1.165, 1.54) is 5.56 Å². The number of pyridine rings is 1. The maximum Gasteiger partial charge on any atom is 0.183 e. The number of aryl methyl sites for hydroxylation is 2. The molecular formula is C20H24N4. The van der Waals surface area contributed by atoms with Crippen LogP contribution in [0.5, 0.6) is 0 Å². The number of fused-ring (bicyclic) bond motifs is 1. The van der Waals surface area contributed by atoms with Crippen molar-refractivity contribution in [3.05, 3.63) is 58.9 Å². The van der Waals surface area contributed by atoms with E-state index in [9.17, 15) is 0 Å².